The van der Waals surface area contributed by atoms with Crippen molar-refractivity contribution < 1.29 is 18.3 Å². The van der Waals surface area contributed by atoms with E-state index in [1.807, 2.05) is 13.0 Å². The molecule has 1 N–H and O–H groups in total. The summed E-state index contributed by atoms with van der Waals surface area (Å²) in [5.41, 5.74) is 1.04. The topological polar surface area (TPSA) is 33.7 Å². The van der Waals surface area contributed by atoms with E-state index < -0.39 is 6.61 Å². The molecule has 1 saturated heterocycles. The zero-order valence-corrected chi connectivity index (χ0v) is 13.5. The lowest BCUT2D eigenvalue weighted by Gasteiger charge is -2.20. The molecule has 0 spiro atoms. The predicted molar refractivity (Wildman–Crippen MR) is 84.3 cm³/mol. The van der Waals surface area contributed by atoms with Gasteiger partial charge in [0, 0.05) is 19.6 Å². The van der Waals surface area contributed by atoms with Crippen molar-refractivity contribution >= 4 is 12.4 Å². The van der Waals surface area contributed by atoms with Gasteiger partial charge in [0.05, 0.1) is 6.61 Å². The molecule has 1 aliphatic heterocycles. The van der Waals surface area contributed by atoms with Gasteiger partial charge in [-0.15, -0.1) is 12.4 Å². The second-order valence-corrected chi connectivity index (χ2v) is 4.97. The molecule has 2 rings (SSSR count). The van der Waals surface area contributed by atoms with Crippen LogP contribution in [0.15, 0.2) is 18.2 Å². The lowest BCUT2D eigenvalue weighted by molar-refractivity contribution is -0.0514. The summed E-state index contributed by atoms with van der Waals surface area (Å²) >= 11 is 0. The first-order valence-electron chi connectivity index (χ1n) is 7.32. The Bertz CT molecular complexity index is 442. The molecule has 1 aromatic rings. The molecule has 0 radical (unpaired) electrons. The van der Waals surface area contributed by atoms with Gasteiger partial charge in [0.25, 0.3) is 0 Å². The van der Waals surface area contributed by atoms with Crippen molar-refractivity contribution in [2.75, 3.05) is 32.8 Å². The fourth-order valence-corrected chi connectivity index (χ4v) is 2.43. The van der Waals surface area contributed by atoms with Crippen molar-refractivity contribution in [3.63, 3.8) is 0 Å². The predicted octanol–water partition coefficient (Wildman–Crippen LogP) is 2.90. The smallest absolute Gasteiger partial charge is 0.387 e. The van der Waals surface area contributed by atoms with E-state index in [1.54, 1.807) is 12.1 Å². The number of rotatable bonds is 6. The minimum Gasteiger partial charge on any atom is -0.490 e. The summed E-state index contributed by atoms with van der Waals surface area (Å²) in [6.45, 7) is 4.22. The van der Waals surface area contributed by atoms with Crippen LogP contribution in [0.5, 0.6) is 11.5 Å². The highest BCUT2D eigenvalue weighted by Gasteiger charge is 2.14. The average molecular weight is 337 g/mol. The van der Waals surface area contributed by atoms with Crippen LogP contribution in [0.2, 0.25) is 0 Å². The maximum Gasteiger partial charge on any atom is 0.387 e. The van der Waals surface area contributed by atoms with Crippen LogP contribution in [0, 0.1) is 0 Å². The van der Waals surface area contributed by atoms with Crippen LogP contribution >= 0.6 is 12.4 Å². The Balaban J connectivity index is 0.00000242. The van der Waals surface area contributed by atoms with Crippen molar-refractivity contribution in [2.24, 2.45) is 0 Å². The Hall–Kier alpha value is -1.11. The molecule has 0 aromatic heterocycles. The first kappa shape index (κ1) is 18.9. The van der Waals surface area contributed by atoms with Gasteiger partial charge in [-0.3, -0.25) is 4.90 Å². The van der Waals surface area contributed by atoms with Crippen LogP contribution < -0.4 is 14.8 Å². The quantitative estimate of drug-likeness (QED) is 0.866. The highest BCUT2D eigenvalue weighted by Crippen LogP contribution is 2.30. The van der Waals surface area contributed by atoms with Crippen molar-refractivity contribution in [1.29, 1.82) is 0 Å². The van der Waals surface area contributed by atoms with Crippen LogP contribution in [-0.4, -0.2) is 44.3 Å². The minimum absolute atomic E-state index is 0. The molecule has 126 valence electrons. The molecule has 1 aromatic carbocycles. The van der Waals surface area contributed by atoms with Gasteiger partial charge in [-0.1, -0.05) is 6.07 Å². The van der Waals surface area contributed by atoms with Gasteiger partial charge in [-0.2, -0.15) is 8.78 Å². The summed E-state index contributed by atoms with van der Waals surface area (Å²) in [6.07, 6.45) is 1.12. The monoisotopic (exact) mass is 336 g/mol. The molecule has 0 bridgehead atoms. The van der Waals surface area contributed by atoms with Gasteiger partial charge in [0.2, 0.25) is 0 Å². The Morgan fingerprint density at radius 3 is 2.77 bits per heavy atom. The van der Waals surface area contributed by atoms with E-state index in [-0.39, 0.29) is 18.2 Å². The molecule has 1 aliphatic rings. The molecule has 4 nitrogen and oxygen atoms in total. The van der Waals surface area contributed by atoms with Gasteiger partial charge < -0.3 is 14.8 Å². The average Bonchev–Trinajstić information content (AvgIpc) is 2.70. The second kappa shape index (κ2) is 9.82. The molecular formula is C15H23ClF2N2O2. The normalized spacial score (nSPS) is 16.0. The maximum atomic E-state index is 12.4. The third kappa shape index (κ3) is 5.94. The molecule has 0 atom stereocenters. The summed E-state index contributed by atoms with van der Waals surface area (Å²) in [5.74, 6) is 0.469. The van der Waals surface area contributed by atoms with Crippen molar-refractivity contribution in [3.05, 3.63) is 23.8 Å². The van der Waals surface area contributed by atoms with Crippen LogP contribution in [-0.2, 0) is 6.54 Å². The standard InChI is InChI=1S/C15H22F2N2O2.ClH/c1-2-20-14-10-12(4-5-13(14)21-15(16)17)11-19-8-3-6-18-7-9-19;/h4-5,10,15,18H,2-3,6-9,11H2,1H3;1H. The summed E-state index contributed by atoms with van der Waals surface area (Å²) in [6, 6.07) is 5.17. The summed E-state index contributed by atoms with van der Waals surface area (Å²) in [5, 5.41) is 3.36. The number of alkyl halides is 2. The molecule has 1 fully saturated rings. The number of ether oxygens (including phenoxy) is 2. The Kier molecular flexibility index (Phi) is 8.45. The Morgan fingerprint density at radius 2 is 2.05 bits per heavy atom. The SMILES string of the molecule is CCOc1cc(CN2CCCNCC2)ccc1OC(F)F.Cl. The van der Waals surface area contributed by atoms with E-state index in [0.717, 1.165) is 44.7 Å². The number of hydrogen-bond donors (Lipinski definition) is 1. The van der Waals surface area contributed by atoms with E-state index in [4.69, 9.17) is 4.74 Å². The van der Waals surface area contributed by atoms with Gasteiger partial charge in [0.1, 0.15) is 0 Å². The molecule has 7 heteroatoms. The summed E-state index contributed by atoms with van der Waals surface area (Å²) in [4.78, 5) is 2.35. The van der Waals surface area contributed by atoms with Gasteiger partial charge in [0.15, 0.2) is 11.5 Å². The fraction of sp³-hybridized carbons (Fsp3) is 0.600. The first-order valence-corrected chi connectivity index (χ1v) is 7.32. The van der Waals surface area contributed by atoms with Gasteiger partial charge in [-0.05, 0) is 44.1 Å². The van der Waals surface area contributed by atoms with E-state index in [2.05, 4.69) is 15.0 Å². The number of hydrogen-bond acceptors (Lipinski definition) is 4. The molecule has 0 unspecified atom stereocenters. The highest BCUT2D eigenvalue weighted by molar-refractivity contribution is 5.85. The third-order valence-corrected chi connectivity index (χ3v) is 3.36. The summed E-state index contributed by atoms with van der Waals surface area (Å²) in [7, 11) is 0. The Labute approximate surface area is 136 Å². The largest absolute Gasteiger partial charge is 0.490 e. The first-order chi connectivity index (χ1) is 10.2. The molecule has 22 heavy (non-hydrogen) atoms. The third-order valence-electron chi connectivity index (χ3n) is 3.36. The van der Waals surface area contributed by atoms with E-state index in [0.29, 0.717) is 12.4 Å². The lowest BCUT2D eigenvalue weighted by Crippen LogP contribution is -2.27. The molecule has 1 heterocycles. The number of benzene rings is 1. The highest BCUT2D eigenvalue weighted by atomic mass is 35.5. The minimum atomic E-state index is -2.84. The van der Waals surface area contributed by atoms with Crippen LogP contribution in [0.1, 0.15) is 18.9 Å². The number of nitrogens with one attached hydrogen (secondary N) is 1. The lowest BCUT2D eigenvalue weighted by atomic mass is 10.2. The number of halogens is 3. The zero-order chi connectivity index (χ0) is 15.1. The van der Waals surface area contributed by atoms with Gasteiger partial charge in [-0.25, -0.2) is 0 Å². The van der Waals surface area contributed by atoms with Crippen LogP contribution in [0.3, 0.4) is 0 Å². The molecule has 0 saturated carbocycles. The van der Waals surface area contributed by atoms with E-state index >= 15 is 0 Å². The maximum absolute atomic E-state index is 12.4. The van der Waals surface area contributed by atoms with Crippen molar-refractivity contribution in [2.45, 2.75) is 26.5 Å². The second-order valence-electron chi connectivity index (χ2n) is 4.97. The van der Waals surface area contributed by atoms with Crippen LogP contribution in [0.4, 0.5) is 8.78 Å². The molecular weight excluding hydrogens is 314 g/mol. The zero-order valence-electron chi connectivity index (χ0n) is 12.7. The Morgan fingerprint density at radius 1 is 1.23 bits per heavy atom. The fourth-order valence-electron chi connectivity index (χ4n) is 2.43. The van der Waals surface area contributed by atoms with Crippen molar-refractivity contribution in [3.8, 4) is 11.5 Å². The van der Waals surface area contributed by atoms with Gasteiger partial charge >= 0.3 is 6.61 Å². The summed E-state index contributed by atoms with van der Waals surface area (Å²) < 4.78 is 34.6. The van der Waals surface area contributed by atoms with E-state index in [1.165, 1.54) is 0 Å². The number of nitrogens with zero attached hydrogens (tertiary/aromatic N) is 1. The van der Waals surface area contributed by atoms with Crippen LogP contribution in [0.25, 0.3) is 0 Å². The van der Waals surface area contributed by atoms with Crippen molar-refractivity contribution in [1.82, 2.24) is 10.2 Å². The molecule has 0 amide bonds. The molecule has 0 aliphatic carbocycles. The van der Waals surface area contributed by atoms with E-state index in [9.17, 15) is 8.78 Å².